The van der Waals surface area contributed by atoms with E-state index in [0.717, 1.165) is 11.4 Å². The molecule has 2 aromatic carbocycles. The molecule has 0 fully saturated rings. The predicted octanol–water partition coefficient (Wildman–Crippen LogP) is 4.21. The Hall–Kier alpha value is -3.54. The zero-order valence-electron chi connectivity index (χ0n) is 13.2. The van der Waals surface area contributed by atoms with Gasteiger partial charge >= 0.3 is 0 Å². The molecule has 0 saturated carbocycles. The van der Waals surface area contributed by atoms with E-state index in [4.69, 9.17) is 0 Å². The van der Waals surface area contributed by atoms with Crippen molar-refractivity contribution in [3.8, 4) is 17.2 Å². The first-order valence-electron chi connectivity index (χ1n) is 7.74. The number of benzene rings is 2. The Kier molecular flexibility index (Phi) is 3.92. The smallest absolute Gasteiger partial charge is 0.229 e. The molecule has 0 aliphatic carbocycles. The van der Waals surface area contributed by atoms with Gasteiger partial charge in [-0.15, -0.1) is 0 Å². The molecule has 0 aliphatic heterocycles. The fraction of sp³-hybridized carbons (Fsp3) is 0. The third-order valence-corrected chi connectivity index (χ3v) is 3.64. The zero-order valence-corrected chi connectivity index (χ0v) is 13.2. The molecule has 0 bridgehead atoms. The van der Waals surface area contributed by atoms with E-state index in [1.54, 1.807) is 30.6 Å². The first-order chi connectivity index (χ1) is 12.3. The Labute approximate surface area is 143 Å². The molecule has 6 heteroatoms. The van der Waals surface area contributed by atoms with Crippen LogP contribution in [0.1, 0.15) is 0 Å². The molecule has 0 unspecified atom stereocenters. The predicted molar refractivity (Wildman–Crippen MR) is 94.3 cm³/mol. The highest BCUT2D eigenvalue weighted by molar-refractivity contribution is 5.58. The van der Waals surface area contributed by atoms with E-state index in [1.165, 1.54) is 12.1 Å². The van der Waals surface area contributed by atoms with Crippen molar-refractivity contribution in [2.75, 3.05) is 5.32 Å². The maximum absolute atomic E-state index is 13.3. The van der Waals surface area contributed by atoms with Gasteiger partial charge in [0.25, 0.3) is 0 Å². The normalized spacial score (nSPS) is 10.6. The molecule has 0 aliphatic rings. The van der Waals surface area contributed by atoms with Crippen molar-refractivity contribution in [2.24, 2.45) is 0 Å². The molecule has 1 N–H and O–H groups in total. The van der Waals surface area contributed by atoms with Gasteiger partial charge in [0.1, 0.15) is 17.5 Å². The second kappa shape index (κ2) is 6.52. The fourth-order valence-electron chi connectivity index (χ4n) is 2.53. The zero-order chi connectivity index (χ0) is 17.1. The number of rotatable bonds is 4. The van der Waals surface area contributed by atoms with E-state index in [0.29, 0.717) is 17.5 Å². The summed E-state index contributed by atoms with van der Waals surface area (Å²) in [6.07, 6.45) is 5.22. The standard InChI is InChI=1S/C19H14FN5/c20-15-7-4-8-16(13-15)23-19-22-10-9-17(24-19)25-12-11-21-18(25)14-5-2-1-3-6-14/h1-13H,(H,22,23,24). The Morgan fingerprint density at radius 1 is 0.880 bits per heavy atom. The number of halogens is 1. The topological polar surface area (TPSA) is 55.6 Å². The molecule has 5 nitrogen and oxygen atoms in total. The van der Waals surface area contributed by atoms with Crippen LogP contribution in [-0.2, 0) is 0 Å². The van der Waals surface area contributed by atoms with Crippen LogP contribution in [0.4, 0.5) is 16.0 Å². The summed E-state index contributed by atoms with van der Waals surface area (Å²) < 4.78 is 15.2. The second-order valence-corrected chi connectivity index (χ2v) is 5.36. The van der Waals surface area contributed by atoms with Gasteiger partial charge in [0.2, 0.25) is 5.95 Å². The maximum Gasteiger partial charge on any atom is 0.229 e. The molecule has 4 rings (SSSR count). The highest BCUT2D eigenvalue weighted by Crippen LogP contribution is 2.21. The Bertz CT molecular complexity index is 997. The van der Waals surface area contributed by atoms with E-state index in [1.807, 2.05) is 41.1 Å². The quantitative estimate of drug-likeness (QED) is 0.608. The average molecular weight is 331 g/mol. The molecule has 4 aromatic rings. The second-order valence-electron chi connectivity index (χ2n) is 5.36. The molecule has 0 amide bonds. The van der Waals surface area contributed by atoms with Crippen molar-refractivity contribution >= 4 is 11.6 Å². The van der Waals surface area contributed by atoms with Crippen molar-refractivity contribution in [3.63, 3.8) is 0 Å². The first kappa shape index (κ1) is 15.0. The third-order valence-electron chi connectivity index (χ3n) is 3.64. The van der Waals surface area contributed by atoms with Crippen LogP contribution >= 0.6 is 0 Å². The third kappa shape index (κ3) is 3.23. The number of imidazole rings is 1. The minimum atomic E-state index is -0.317. The van der Waals surface area contributed by atoms with Crippen LogP contribution in [0, 0.1) is 5.82 Å². The molecular weight excluding hydrogens is 317 g/mol. The van der Waals surface area contributed by atoms with E-state index < -0.39 is 0 Å². The largest absolute Gasteiger partial charge is 0.324 e. The van der Waals surface area contributed by atoms with Gasteiger partial charge in [-0.2, -0.15) is 4.98 Å². The summed E-state index contributed by atoms with van der Waals surface area (Å²) >= 11 is 0. The lowest BCUT2D eigenvalue weighted by molar-refractivity contribution is 0.628. The van der Waals surface area contributed by atoms with Crippen molar-refractivity contribution in [2.45, 2.75) is 0 Å². The molecule has 2 heterocycles. The maximum atomic E-state index is 13.3. The lowest BCUT2D eigenvalue weighted by Gasteiger charge is -2.09. The van der Waals surface area contributed by atoms with Gasteiger partial charge in [0.15, 0.2) is 0 Å². The van der Waals surface area contributed by atoms with Crippen LogP contribution in [0.2, 0.25) is 0 Å². The van der Waals surface area contributed by atoms with E-state index in [2.05, 4.69) is 20.3 Å². The molecule has 2 aromatic heterocycles. The molecule has 0 radical (unpaired) electrons. The SMILES string of the molecule is Fc1cccc(Nc2nccc(-n3ccnc3-c3ccccc3)n2)c1. The van der Waals surface area contributed by atoms with E-state index in [-0.39, 0.29) is 5.82 Å². The van der Waals surface area contributed by atoms with Crippen molar-refractivity contribution < 1.29 is 4.39 Å². The number of hydrogen-bond donors (Lipinski definition) is 1. The summed E-state index contributed by atoms with van der Waals surface area (Å²) in [7, 11) is 0. The number of hydrogen-bond acceptors (Lipinski definition) is 4. The van der Waals surface area contributed by atoms with Crippen molar-refractivity contribution in [1.29, 1.82) is 0 Å². The highest BCUT2D eigenvalue weighted by Gasteiger charge is 2.09. The summed E-state index contributed by atoms with van der Waals surface area (Å²) in [6.45, 7) is 0. The summed E-state index contributed by atoms with van der Waals surface area (Å²) in [5, 5.41) is 3.01. The van der Waals surface area contributed by atoms with Gasteiger partial charge in [0, 0.05) is 29.8 Å². The van der Waals surface area contributed by atoms with Crippen LogP contribution in [0.3, 0.4) is 0 Å². The highest BCUT2D eigenvalue weighted by atomic mass is 19.1. The Morgan fingerprint density at radius 2 is 1.76 bits per heavy atom. The number of aromatic nitrogens is 4. The van der Waals surface area contributed by atoms with Gasteiger partial charge in [-0.25, -0.2) is 14.4 Å². The van der Waals surface area contributed by atoms with E-state index in [9.17, 15) is 4.39 Å². The van der Waals surface area contributed by atoms with Crippen LogP contribution in [-0.4, -0.2) is 19.5 Å². The summed E-state index contributed by atoms with van der Waals surface area (Å²) in [5.41, 5.74) is 1.58. The molecule has 0 atom stereocenters. The van der Waals surface area contributed by atoms with E-state index >= 15 is 0 Å². The van der Waals surface area contributed by atoms with Crippen molar-refractivity contribution in [3.05, 3.63) is 85.1 Å². The average Bonchev–Trinajstić information content (AvgIpc) is 3.13. The number of anilines is 2. The van der Waals surface area contributed by atoms with Gasteiger partial charge in [-0.1, -0.05) is 36.4 Å². The summed E-state index contributed by atoms with van der Waals surface area (Å²) in [4.78, 5) is 13.1. The molecule has 0 saturated heterocycles. The van der Waals surface area contributed by atoms with Crippen LogP contribution in [0.5, 0.6) is 0 Å². The van der Waals surface area contributed by atoms with Gasteiger partial charge in [-0.05, 0) is 24.3 Å². The lowest BCUT2D eigenvalue weighted by atomic mass is 10.2. The Balaban J connectivity index is 1.68. The molecular formula is C19H14FN5. The molecule has 25 heavy (non-hydrogen) atoms. The lowest BCUT2D eigenvalue weighted by Crippen LogP contribution is -2.03. The van der Waals surface area contributed by atoms with Crippen LogP contribution in [0.15, 0.2) is 79.3 Å². The first-order valence-corrected chi connectivity index (χ1v) is 7.74. The molecule has 122 valence electrons. The monoisotopic (exact) mass is 331 g/mol. The summed E-state index contributed by atoms with van der Waals surface area (Å²) in [5.74, 6) is 1.53. The minimum absolute atomic E-state index is 0.317. The van der Waals surface area contributed by atoms with Gasteiger partial charge < -0.3 is 5.32 Å². The van der Waals surface area contributed by atoms with Gasteiger partial charge in [0.05, 0.1) is 0 Å². The minimum Gasteiger partial charge on any atom is -0.324 e. The Morgan fingerprint density at radius 3 is 2.60 bits per heavy atom. The van der Waals surface area contributed by atoms with Crippen molar-refractivity contribution in [1.82, 2.24) is 19.5 Å². The molecule has 0 spiro atoms. The van der Waals surface area contributed by atoms with Gasteiger partial charge in [-0.3, -0.25) is 4.57 Å². The fourth-order valence-corrected chi connectivity index (χ4v) is 2.53. The number of nitrogens with zero attached hydrogens (tertiary/aromatic N) is 4. The van der Waals surface area contributed by atoms with Crippen LogP contribution < -0.4 is 5.32 Å². The number of nitrogens with one attached hydrogen (secondary N) is 1. The summed E-state index contributed by atoms with van der Waals surface area (Å²) in [6, 6.07) is 17.8. The van der Waals surface area contributed by atoms with Crippen LogP contribution in [0.25, 0.3) is 17.2 Å².